The number of aromatic nitrogens is 2. The van der Waals surface area contributed by atoms with Crippen molar-refractivity contribution < 1.29 is 36.6 Å². The highest BCUT2D eigenvalue weighted by molar-refractivity contribution is 7.93. The molecule has 0 spiro atoms. The lowest BCUT2D eigenvalue weighted by atomic mass is 9.83. The molecule has 0 saturated heterocycles. The van der Waals surface area contributed by atoms with Crippen LogP contribution in [0.1, 0.15) is 74.2 Å². The van der Waals surface area contributed by atoms with Gasteiger partial charge in [0.2, 0.25) is 11.6 Å². The second kappa shape index (κ2) is 17.0. The third-order valence-electron chi connectivity index (χ3n) is 10.7. The quantitative estimate of drug-likeness (QED) is 0.0459. The maximum Gasteiger partial charge on any atom is 0.261 e. The number of allylic oxidation sites excluding steroid dienone is 6. The molecule has 14 heteroatoms. The van der Waals surface area contributed by atoms with Crippen LogP contribution in [0, 0.1) is 13.8 Å². The minimum Gasteiger partial charge on any atom is -0.504 e. The minimum atomic E-state index is -4.03. The molecular formula is C48H48N4O8S2. The number of Topliss-reactive ketones (excluding diaryl/α,β-unsaturated/α-hetero) is 2. The Hall–Kier alpha value is -6.64. The van der Waals surface area contributed by atoms with Crippen LogP contribution in [0.25, 0.3) is 33.0 Å². The zero-order chi connectivity index (χ0) is 44.7. The van der Waals surface area contributed by atoms with Gasteiger partial charge in [0.1, 0.15) is 0 Å². The number of aliphatic hydroxyl groups is 2. The Balaban J connectivity index is 1.36. The summed E-state index contributed by atoms with van der Waals surface area (Å²) in [5.41, 5.74) is 5.59. The number of carbonyl (C=O) groups excluding carboxylic acids is 2. The summed E-state index contributed by atoms with van der Waals surface area (Å²) in [6.07, 6.45) is 5.73. The Morgan fingerprint density at radius 3 is 1.26 bits per heavy atom. The van der Waals surface area contributed by atoms with Crippen molar-refractivity contribution >= 4 is 75.9 Å². The normalized spacial score (nSPS) is 13.6. The van der Waals surface area contributed by atoms with E-state index in [1.165, 1.54) is 36.4 Å². The summed E-state index contributed by atoms with van der Waals surface area (Å²) in [4.78, 5) is 36.0. The molecule has 320 valence electrons. The molecule has 0 bridgehead atoms. The van der Waals surface area contributed by atoms with Crippen molar-refractivity contribution in [2.24, 2.45) is 0 Å². The van der Waals surface area contributed by atoms with E-state index in [1.807, 2.05) is 53.7 Å². The van der Waals surface area contributed by atoms with Gasteiger partial charge in [-0.1, -0.05) is 58.7 Å². The van der Waals surface area contributed by atoms with Crippen LogP contribution in [0.5, 0.6) is 0 Å². The lowest BCUT2D eigenvalue weighted by Crippen LogP contribution is -2.23. The maximum atomic E-state index is 14.6. The molecule has 6 N–H and O–H groups in total. The van der Waals surface area contributed by atoms with Crippen molar-refractivity contribution in [3.8, 4) is 0 Å². The minimum absolute atomic E-state index is 0.0455. The lowest BCUT2D eigenvalue weighted by molar-refractivity contribution is -0.116. The van der Waals surface area contributed by atoms with Gasteiger partial charge in [0, 0.05) is 55.7 Å². The van der Waals surface area contributed by atoms with Gasteiger partial charge in [-0.25, -0.2) is 16.8 Å². The number of aryl methyl sites for hydroxylation is 4. The number of H-pyrrole nitrogens is 2. The fraction of sp³-hybridized carbons (Fsp3) is 0.208. The molecule has 0 unspecified atom stereocenters. The summed E-state index contributed by atoms with van der Waals surface area (Å²) in [6.45, 7) is 11.5. The summed E-state index contributed by atoms with van der Waals surface area (Å²) < 4.78 is 58.9. The van der Waals surface area contributed by atoms with Gasteiger partial charge in [0.25, 0.3) is 20.0 Å². The van der Waals surface area contributed by atoms with Crippen LogP contribution >= 0.6 is 0 Å². The van der Waals surface area contributed by atoms with Gasteiger partial charge in [-0.05, 0) is 128 Å². The SMILES string of the molecule is CC(C)=CCCc1[nH]c2ccc(NS(=O)(=O)c3ccc(C)cc3)cc2c1C1=C(O)C(=O)C(c2c(CCC=C(C)C)[nH]c3ccc(NS(=O)(=O)c4ccc(C)cc4)cc23)=C(O)C1=O. The van der Waals surface area contributed by atoms with Crippen molar-refractivity contribution in [3.63, 3.8) is 0 Å². The molecule has 1 aliphatic carbocycles. The van der Waals surface area contributed by atoms with Crippen LogP contribution in [-0.2, 0) is 42.5 Å². The van der Waals surface area contributed by atoms with Crippen LogP contribution in [0.3, 0.4) is 0 Å². The van der Waals surface area contributed by atoms with E-state index in [9.17, 15) is 36.6 Å². The largest absolute Gasteiger partial charge is 0.504 e. The van der Waals surface area contributed by atoms with Gasteiger partial charge >= 0.3 is 0 Å². The van der Waals surface area contributed by atoms with Gasteiger partial charge in [-0.15, -0.1) is 0 Å². The molecule has 1 aliphatic rings. The Labute approximate surface area is 360 Å². The Morgan fingerprint density at radius 1 is 0.565 bits per heavy atom. The number of aromatic amines is 2. The van der Waals surface area contributed by atoms with E-state index in [1.54, 1.807) is 48.5 Å². The van der Waals surface area contributed by atoms with Crippen molar-refractivity contribution in [2.45, 2.75) is 77.0 Å². The summed E-state index contributed by atoms with van der Waals surface area (Å²) >= 11 is 0. The number of rotatable bonds is 14. The second-order valence-corrected chi connectivity index (χ2v) is 19.4. The Morgan fingerprint density at radius 2 is 0.919 bits per heavy atom. The van der Waals surface area contributed by atoms with Gasteiger partial charge in [0.15, 0.2) is 11.5 Å². The molecule has 0 radical (unpaired) electrons. The first-order valence-electron chi connectivity index (χ1n) is 20.1. The summed E-state index contributed by atoms with van der Waals surface area (Å²) in [6, 6.07) is 22.2. The summed E-state index contributed by atoms with van der Waals surface area (Å²) in [5.74, 6) is -3.85. The molecule has 0 saturated carbocycles. The number of hydrogen-bond donors (Lipinski definition) is 6. The Kier molecular flexibility index (Phi) is 11.9. The maximum absolute atomic E-state index is 14.6. The fourth-order valence-corrected chi connectivity index (χ4v) is 9.68. The van der Waals surface area contributed by atoms with Gasteiger partial charge in [-0.3, -0.25) is 19.0 Å². The second-order valence-electron chi connectivity index (χ2n) is 16.1. The van der Waals surface area contributed by atoms with Gasteiger partial charge in [0.05, 0.1) is 20.9 Å². The molecule has 6 aromatic rings. The zero-order valence-corrected chi connectivity index (χ0v) is 36.9. The number of aliphatic hydroxyl groups excluding tert-OH is 2. The molecule has 0 aliphatic heterocycles. The van der Waals surface area contributed by atoms with Crippen molar-refractivity contribution in [2.75, 3.05) is 9.44 Å². The number of benzene rings is 4. The highest BCUT2D eigenvalue weighted by Crippen LogP contribution is 2.43. The number of hydrogen-bond acceptors (Lipinski definition) is 8. The van der Waals surface area contributed by atoms with E-state index in [0.29, 0.717) is 58.9 Å². The zero-order valence-electron chi connectivity index (χ0n) is 35.2. The first-order chi connectivity index (χ1) is 29.3. The van der Waals surface area contributed by atoms with Gasteiger partial charge < -0.3 is 20.2 Å². The number of nitrogens with one attached hydrogen (secondary N) is 4. The number of sulfonamides is 2. The summed E-state index contributed by atoms with van der Waals surface area (Å²) in [7, 11) is -8.06. The average Bonchev–Trinajstić information content (AvgIpc) is 3.74. The molecule has 12 nitrogen and oxygen atoms in total. The smallest absolute Gasteiger partial charge is 0.261 e. The molecule has 0 fully saturated rings. The number of ketones is 2. The first-order valence-corrected chi connectivity index (χ1v) is 23.0. The Bertz CT molecular complexity index is 2930. The molecule has 62 heavy (non-hydrogen) atoms. The fourth-order valence-electron chi connectivity index (χ4n) is 7.58. The third-order valence-corrected chi connectivity index (χ3v) is 13.5. The predicted molar refractivity (Wildman–Crippen MR) is 245 cm³/mol. The average molecular weight is 873 g/mol. The number of fused-ring (bicyclic) bond motifs is 2. The van der Waals surface area contributed by atoms with E-state index < -0.39 is 54.3 Å². The first kappa shape index (κ1) is 43.4. The molecule has 2 heterocycles. The van der Waals surface area contributed by atoms with E-state index in [2.05, 4.69) is 19.4 Å². The third kappa shape index (κ3) is 8.74. The van der Waals surface area contributed by atoms with Crippen molar-refractivity contribution in [1.82, 2.24) is 9.97 Å². The number of anilines is 2. The van der Waals surface area contributed by atoms with E-state index in [4.69, 9.17) is 0 Å². The molecule has 7 rings (SSSR count). The summed E-state index contributed by atoms with van der Waals surface area (Å²) in [5, 5.41) is 24.6. The highest BCUT2D eigenvalue weighted by atomic mass is 32.2. The standard InChI is InChI=1S/C48H48N4O8S2/c1-27(2)9-7-11-39-41(35-25-31(17-23-37(35)49-39)51-61(57,58)33-19-13-29(5)14-20-33)43-45(53)47(55)44(48(56)46(43)54)42-36-26-32(52-62(59,60)34-21-15-30(6)16-22-34)18-24-38(36)50-40(42)12-8-10-28(3)4/h9-10,13-26,49-53,56H,7-8,11-12H2,1-6H3. The molecule has 2 aromatic heterocycles. The predicted octanol–water partition coefficient (Wildman–Crippen LogP) is 10.1. The van der Waals surface area contributed by atoms with Crippen LogP contribution in [0.15, 0.2) is 130 Å². The molecule has 0 atom stereocenters. The molecule has 0 amide bonds. The van der Waals surface area contributed by atoms with Crippen LogP contribution < -0.4 is 9.44 Å². The molecular weight excluding hydrogens is 825 g/mol. The van der Waals surface area contributed by atoms with Crippen molar-refractivity contribution in [1.29, 1.82) is 0 Å². The van der Waals surface area contributed by atoms with E-state index >= 15 is 0 Å². The van der Waals surface area contributed by atoms with Crippen LogP contribution in [0.2, 0.25) is 0 Å². The molecule has 4 aromatic carbocycles. The van der Waals surface area contributed by atoms with Gasteiger partial charge in [-0.2, -0.15) is 0 Å². The topological polar surface area (TPSA) is 199 Å². The lowest BCUT2D eigenvalue weighted by Gasteiger charge is -2.20. The van der Waals surface area contributed by atoms with Crippen molar-refractivity contribution in [3.05, 3.63) is 153 Å². The highest BCUT2D eigenvalue weighted by Gasteiger charge is 2.40. The monoisotopic (exact) mass is 872 g/mol. The van der Waals surface area contributed by atoms with Crippen LogP contribution in [0.4, 0.5) is 11.4 Å². The number of carbonyl (C=O) groups is 2. The van der Waals surface area contributed by atoms with Crippen LogP contribution in [-0.4, -0.2) is 48.6 Å². The van der Waals surface area contributed by atoms with E-state index in [-0.39, 0.29) is 32.3 Å². The van der Waals surface area contributed by atoms with E-state index in [0.717, 1.165) is 22.3 Å².